The van der Waals surface area contributed by atoms with Crippen LogP contribution < -0.4 is 0 Å². The molecule has 2 aliphatic rings. The first-order valence-corrected chi connectivity index (χ1v) is 8.13. The van der Waals surface area contributed by atoms with Gasteiger partial charge in [0.1, 0.15) is 0 Å². The lowest BCUT2D eigenvalue weighted by atomic mass is 10.3. The molecule has 0 aromatic rings. The minimum atomic E-state index is 0.912. The molecular formula is C15H31N3O2. The van der Waals surface area contributed by atoms with Gasteiger partial charge in [-0.15, -0.1) is 0 Å². The molecule has 0 bridgehead atoms. The SMILES string of the molecule is CN(CCCN1CCOCC1)CCCN1CCOCC1. The Labute approximate surface area is 123 Å². The maximum atomic E-state index is 5.37. The Bertz CT molecular complexity index is 217. The van der Waals surface area contributed by atoms with Crippen molar-refractivity contribution in [1.29, 1.82) is 0 Å². The molecule has 0 radical (unpaired) electrons. The molecule has 0 unspecified atom stereocenters. The molecule has 0 saturated carbocycles. The van der Waals surface area contributed by atoms with E-state index in [2.05, 4.69) is 21.7 Å². The molecule has 2 fully saturated rings. The van der Waals surface area contributed by atoms with Crippen LogP contribution in [0.1, 0.15) is 12.8 Å². The van der Waals surface area contributed by atoms with Gasteiger partial charge in [-0.05, 0) is 46.1 Å². The third-order valence-corrected chi connectivity index (χ3v) is 4.24. The number of morpholine rings is 2. The van der Waals surface area contributed by atoms with Gasteiger partial charge >= 0.3 is 0 Å². The van der Waals surface area contributed by atoms with Crippen molar-refractivity contribution in [3.8, 4) is 0 Å². The summed E-state index contributed by atoms with van der Waals surface area (Å²) in [6.45, 7) is 13.0. The van der Waals surface area contributed by atoms with Gasteiger partial charge in [-0.2, -0.15) is 0 Å². The van der Waals surface area contributed by atoms with E-state index < -0.39 is 0 Å². The molecule has 0 aromatic carbocycles. The van der Waals surface area contributed by atoms with Crippen molar-refractivity contribution < 1.29 is 9.47 Å². The van der Waals surface area contributed by atoms with Gasteiger partial charge in [0.15, 0.2) is 0 Å². The average Bonchev–Trinajstić information content (AvgIpc) is 2.49. The smallest absolute Gasteiger partial charge is 0.0594 e. The standard InChI is InChI=1S/C15H31N3O2/c1-16(4-2-6-17-8-12-19-13-9-17)5-3-7-18-10-14-20-15-11-18/h2-15H2,1H3. The van der Waals surface area contributed by atoms with Crippen molar-refractivity contribution in [3.63, 3.8) is 0 Å². The van der Waals surface area contributed by atoms with Crippen LogP contribution in [0.4, 0.5) is 0 Å². The molecule has 118 valence electrons. The second kappa shape index (κ2) is 9.68. The van der Waals surface area contributed by atoms with Crippen LogP contribution in [0.5, 0.6) is 0 Å². The predicted octanol–water partition coefficient (Wildman–Crippen LogP) is 0.363. The maximum Gasteiger partial charge on any atom is 0.0594 e. The summed E-state index contributed by atoms with van der Waals surface area (Å²) in [5, 5.41) is 0. The van der Waals surface area contributed by atoms with Crippen molar-refractivity contribution in [2.24, 2.45) is 0 Å². The minimum Gasteiger partial charge on any atom is -0.379 e. The first kappa shape index (κ1) is 16.2. The highest BCUT2D eigenvalue weighted by Crippen LogP contribution is 2.01. The molecule has 0 atom stereocenters. The van der Waals surface area contributed by atoms with Crippen LogP contribution in [-0.4, -0.2) is 101 Å². The Kier molecular flexibility index (Phi) is 7.83. The van der Waals surface area contributed by atoms with Gasteiger partial charge in [0, 0.05) is 26.2 Å². The van der Waals surface area contributed by atoms with Crippen LogP contribution in [0.3, 0.4) is 0 Å². The number of rotatable bonds is 8. The second-order valence-corrected chi connectivity index (χ2v) is 5.92. The Morgan fingerprint density at radius 1 is 0.750 bits per heavy atom. The van der Waals surface area contributed by atoms with Gasteiger partial charge in [-0.3, -0.25) is 9.80 Å². The fourth-order valence-electron chi connectivity index (χ4n) is 2.89. The zero-order valence-electron chi connectivity index (χ0n) is 13.1. The highest BCUT2D eigenvalue weighted by molar-refractivity contribution is 4.65. The van der Waals surface area contributed by atoms with Crippen molar-refractivity contribution in [2.45, 2.75) is 12.8 Å². The molecule has 5 nitrogen and oxygen atoms in total. The van der Waals surface area contributed by atoms with Gasteiger partial charge in [-0.25, -0.2) is 0 Å². The van der Waals surface area contributed by atoms with E-state index in [0.717, 1.165) is 52.6 Å². The van der Waals surface area contributed by atoms with E-state index in [1.54, 1.807) is 0 Å². The van der Waals surface area contributed by atoms with Gasteiger partial charge in [0.05, 0.1) is 26.4 Å². The van der Waals surface area contributed by atoms with E-state index in [-0.39, 0.29) is 0 Å². The third kappa shape index (κ3) is 6.50. The van der Waals surface area contributed by atoms with E-state index in [1.165, 1.54) is 39.0 Å². The largest absolute Gasteiger partial charge is 0.379 e. The summed E-state index contributed by atoms with van der Waals surface area (Å²) in [6.07, 6.45) is 2.54. The van der Waals surface area contributed by atoms with E-state index in [0.29, 0.717) is 0 Å². The van der Waals surface area contributed by atoms with Gasteiger partial charge in [0.25, 0.3) is 0 Å². The topological polar surface area (TPSA) is 28.2 Å². The number of hydrogen-bond acceptors (Lipinski definition) is 5. The molecule has 0 amide bonds. The Morgan fingerprint density at radius 3 is 1.55 bits per heavy atom. The zero-order valence-corrected chi connectivity index (χ0v) is 13.1. The molecule has 20 heavy (non-hydrogen) atoms. The zero-order chi connectivity index (χ0) is 14.0. The monoisotopic (exact) mass is 285 g/mol. The molecule has 0 aliphatic carbocycles. The molecule has 0 N–H and O–H groups in total. The number of ether oxygens (including phenoxy) is 2. The normalized spacial score (nSPS) is 22.5. The second-order valence-electron chi connectivity index (χ2n) is 5.92. The highest BCUT2D eigenvalue weighted by atomic mass is 16.5. The summed E-state index contributed by atoms with van der Waals surface area (Å²) in [5.74, 6) is 0. The lowest BCUT2D eigenvalue weighted by Crippen LogP contribution is -2.39. The van der Waals surface area contributed by atoms with Crippen molar-refractivity contribution in [2.75, 3.05) is 85.8 Å². The first-order chi connectivity index (χ1) is 9.84. The van der Waals surface area contributed by atoms with Crippen LogP contribution in [0.15, 0.2) is 0 Å². The molecule has 5 heteroatoms. The maximum absolute atomic E-state index is 5.37. The summed E-state index contributed by atoms with van der Waals surface area (Å²) in [7, 11) is 2.25. The van der Waals surface area contributed by atoms with Crippen molar-refractivity contribution >= 4 is 0 Å². The van der Waals surface area contributed by atoms with Gasteiger partial charge in [-0.1, -0.05) is 0 Å². The quantitative estimate of drug-likeness (QED) is 0.642. The fourth-order valence-corrected chi connectivity index (χ4v) is 2.89. The van der Waals surface area contributed by atoms with Crippen LogP contribution >= 0.6 is 0 Å². The predicted molar refractivity (Wildman–Crippen MR) is 81.2 cm³/mol. The van der Waals surface area contributed by atoms with Gasteiger partial charge in [0.2, 0.25) is 0 Å². The lowest BCUT2D eigenvalue weighted by molar-refractivity contribution is 0.0346. The van der Waals surface area contributed by atoms with Gasteiger partial charge < -0.3 is 14.4 Å². The average molecular weight is 285 g/mol. The third-order valence-electron chi connectivity index (χ3n) is 4.24. The Balaban J connectivity index is 1.44. The summed E-state index contributed by atoms with van der Waals surface area (Å²) in [5.41, 5.74) is 0. The summed E-state index contributed by atoms with van der Waals surface area (Å²) in [4.78, 5) is 7.51. The van der Waals surface area contributed by atoms with Crippen molar-refractivity contribution in [1.82, 2.24) is 14.7 Å². The van der Waals surface area contributed by atoms with E-state index in [9.17, 15) is 0 Å². The number of nitrogens with zero attached hydrogens (tertiary/aromatic N) is 3. The molecular weight excluding hydrogens is 254 g/mol. The first-order valence-electron chi connectivity index (χ1n) is 8.13. The Hall–Kier alpha value is -0.200. The van der Waals surface area contributed by atoms with Crippen LogP contribution in [0.25, 0.3) is 0 Å². The van der Waals surface area contributed by atoms with E-state index in [1.807, 2.05) is 0 Å². The lowest BCUT2D eigenvalue weighted by Gasteiger charge is -2.28. The van der Waals surface area contributed by atoms with E-state index in [4.69, 9.17) is 9.47 Å². The number of hydrogen-bond donors (Lipinski definition) is 0. The molecule has 2 aliphatic heterocycles. The summed E-state index contributed by atoms with van der Waals surface area (Å²) in [6, 6.07) is 0. The fraction of sp³-hybridized carbons (Fsp3) is 1.00. The van der Waals surface area contributed by atoms with Crippen LogP contribution in [0.2, 0.25) is 0 Å². The minimum absolute atomic E-state index is 0.912. The highest BCUT2D eigenvalue weighted by Gasteiger charge is 2.11. The summed E-state index contributed by atoms with van der Waals surface area (Å²) >= 11 is 0. The summed E-state index contributed by atoms with van der Waals surface area (Å²) < 4.78 is 10.7. The van der Waals surface area contributed by atoms with Crippen LogP contribution in [-0.2, 0) is 9.47 Å². The molecule has 0 aromatic heterocycles. The van der Waals surface area contributed by atoms with Crippen molar-refractivity contribution in [3.05, 3.63) is 0 Å². The Morgan fingerprint density at radius 2 is 1.15 bits per heavy atom. The molecule has 0 spiro atoms. The molecule has 2 heterocycles. The van der Waals surface area contributed by atoms with Crippen LogP contribution in [0, 0.1) is 0 Å². The van der Waals surface area contributed by atoms with E-state index >= 15 is 0 Å². The molecule has 2 saturated heterocycles. The molecule has 2 rings (SSSR count).